The average Bonchev–Trinajstić information content (AvgIpc) is 2.27. The molecule has 2 aliphatic rings. The Morgan fingerprint density at radius 2 is 2.38 bits per heavy atom. The normalized spacial score (nSPS) is 29.3. The van der Waals surface area contributed by atoms with Crippen LogP contribution in [-0.2, 0) is 9.59 Å². The number of carboxylic acids is 1. The summed E-state index contributed by atoms with van der Waals surface area (Å²) in [6.45, 7) is 0. The van der Waals surface area contributed by atoms with Gasteiger partial charge >= 0.3 is 5.97 Å². The molecular formula is C8H9N3O4S. The maximum atomic E-state index is 11.4. The molecule has 0 aliphatic carbocycles. The van der Waals surface area contributed by atoms with Crippen LogP contribution in [0, 0.1) is 0 Å². The second-order valence-corrected chi connectivity index (χ2v) is 4.46. The molecule has 8 heteroatoms. The number of nitrogens with two attached hydrogens (primary N) is 1. The van der Waals surface area contributed by atoms with Crippen LogP contribution in [0.2, 0.25) is 0 Å². The first-order valence-corrected chi connectivity index (χ1v) is 5.47. The van der Waals surface area contributed by atoms with Crippen LogP contribution >= 0.6 is 11.8 Å². The number of β-lactam (4-membered cyclic amide) rings is 1. The number of aliphatic carboxylic acids is 1. The summed E-state index contributed by atoms with van der Waals surface area (Å²) in [5, 5.41) is 19.9. The Balaban J connectivity index is 2.41. The fourth-order valence-corrected chi connectivity index (χ4v) is 2.95. The van der Waals surface area contributed by atoms with Gasteiger partial charge in [0.1, 0.15) is 17.1 Å². The summed E-state index contributed by atoms with van der Waals surface area (Å²) in [6, 6.07) is -0.646. The van der Waals surface area contributed by atoms with E-state index in [2.05, 4.69) is 5.16 Å². The number of hydrogen-bond donors (Lipinski definition) is 3. The molecule has 2 heterocycles. The molecule has 4 N–H and O–H groups in total. The predicted molar refractivity (Wildman–Crippen MR) is 56.0 cm³/mol. The third-order valence-corrected chi connectivity index (χ3v) is 3.78. The fraction of sp³-hybridized carbons (Fsp3) is 0.375. The van der Waals surface area contributed by atoms with Crippen molar-refractivity contribution < 1.29 is 19.9 Å². The molecule has 0 radical (unpaired) electrons. The Kier molecular flexibility index (Phi) is 2.60. The molecule has 1 amide bonds. The van der Waals surface area contributed by atoms with Crippen LogP contribution in [0.5, 0.6) is 0 Å². The maximum Gasteiger partial charge on any atom is 0.353 e. The molecule has 0 aromatic heterocycles. The van der Waals surface area contributed by atoms with E-state index in [0.717, 1.165) is 11.1 Å². The number of rotatable bonds is 2. The molecule has 1 fully saturated rings. The van der Waals surface area contributed by atoms with Crippen molar-refractivity contribution in [1.29, 1.82) is 0 Å². The molecule has 0 aromatic rings. The summed E-state index contributed by atoms with van der Waals surface area (Å²) in [6.07, 6.45) is 1.03. The highest BCUT2D eigenvalue weighted by molar-refractivity contribution is 8.00. The van der Waals surface area contributed by atoms with Crippen LogP contribution in [-0.4, -0.2) is 50.5 Å². The van der Waals surface area contributed by atoms with Gasteiger partial charge < -0.3 is 16.0 Å². The monoisotopic (exact) mass is 243 g/mol. The second-order valence-electron chi connectivity index (χ2n) is 3.36. The minimum Gasteiger partial charge on any atom is -0.477 e. The highest BCUT2D eigenvalue weighted by atomic mass is 32.2. The molecule has 0 spiro atoms. The quantitative estimate of drug-likeness (QED) is 0.248. The average molecular weight is 243 g/mol. The molecule has 2 rings (SSSR count). The number of carbonyl (C=O) groups is 2. The van der Waals surface area contributed by atoms with Gasteiger partial charge in [0, 0.05) is 11.3 Å². The Hall–Kier alpha value is -1.54. The molecule has 1 saturated heterocycles. The zero-order valence-corrected chi connectivity index (χ0v) is 8.85. The van der Waals surface area contributed by atoms with Crippen molar-refractivity contribution in [2.24, 2.45) is 10.9 Å². The Bertz CT molecular complexity index is 420. The third kappa shape index (κ3) is 1.38. The van der Waals surface area contributed by atoms with E-state index >= 15 is 0 Å². The van der Waals surface area contributed by atoms with Crippen LogP contribution < -0.4 is 5.73 Å². The number of oxime groups is 1. The molecule has 86 valence electrons. The molecule has 0 bridgehead atoms. The number of fused-ring (bicyclic) bond motifs is 1. The van der Waals surface area contributed by atoms with E-state index < -0.39 is 17.9 Å². The van der Waals surface area contributed by atoms with Crippen LogP contribution in [0.4, 0.5) is 0 Å². The van der Waals surface area contributed by atoms with Gasteiger partial charge in [-0.2, -0.15) is 0 Å². The highest BCUT2D eigenvalue weighted by Crippen LogP contribution is 2.38. The maximum absolute atomic E-state index is 11.4. The van der Waals surface area contributed by atoms with Crippen molar-refractivity contribution in [3.63, 3.8) is 0 Å². The van der Waals surface area contributed by atoms with Crippen molar-refractivity contribution in [3.8, 4) is 0 Å². The SMILES string of the molecule is NC1C(=O)N2C(C(=O)O)=C(/C=N/O)CSC12. The van der Waals surface area contributed by atoms with E-state index in [1.54, 1.807) is 0 Å². The molecule has 0 aromatic carbocycles. The summed E-state index contributed by atoms with van der Waals surface area (Å²) in [5.41, 5.74) is 5.70. The van der Waals surface area contributed by atoms with Gasteiger partial charge in [-0.15, -0.1) is 11.8 Å². The van der Waals surface area contributed by atoms with Crippen LogP contribution in [0.25, 0.3) is 0 Å². The lowest BCUT2D eigenvalue weighted by Crippen LogP contribution is -2.68. The fourth-order valence-electron chi connectivity index (χ4n) is 1.71. The first-order chi connectivity index (χ1) is 7.57. The van der Waals surface area contributed by atoms with Crippen molar-refractivity contribution in [2.45, 2.75) is 11.4 Å². The van der Waals surface area contributed by atoms with Gasteiger partial charge in [-0.25, -0.2) is 4.79 Å². The number of nitrogens with zero attached hydrogens (tertiary/aromatic N) is 2. The van der Waals surface area contributed by atoms with Crippen molar-refractivity contribution in [2.75, 3.05) is 5.75 Å². The van der Waals surface area contributed by atoms with Crippen molar-refractivity contribution >= 4 is 29.9 Å². The smallest absolute Gasteiger partial charge is 0.353 e. The molecule has 2 aliphatic heterocycles. The van der Waals surface area contributed by atoms with Gasteiger partial charge in [-0.3, -0.25) is 9.69 Å². The summed E-state index contributed by atoms with van der Waals surface area (Å²) in [5.74, 6) is -1.28. The number of thioether (sulfide) groups is 1. The zero-order valence-electron chi connectivity index (χ0n) is 8.03. The zero-order chi connectivity index (χ0) is 11.9. The number of hydrogen-bond acceptors (Lipinski definition) is 6. The Labute approximate surface area is 94.6 Å². The van der Waals surface area contributed by atoms with Gasteiger partial charge in [0.15, 0.2) is 0 Å². The van der Waals surface area contributed by atoms with Crippen LogP contribution in [0.1, 0.15) is 0 Å². The number of carboxylic acid groups (broad SMARTS) is 1. The topological polar surface area (TPSA) is 116 Å². The number of carbonyl (C=O) groups excluding carboxylic acids is 1. The molecule has 0 saturated carbocycles. The van der Waals surface area contributed by atoms with Gasteiger partial charge in [-0.05, 0) is 0 Å². The molecule has 2 atom stereocenters. The van der Waals surface area contributed by atoms with E-state index in [4.69, 9.17) is 16.0 Å². The van der Waals surface area contributed by atoms with E-state index in [0.29, 0.717) is 11.3 Å². The van der Waals surface area contributed by atoms with Gasteiger partial charge in [-0.1, -0.05) is 5.16 Å². The van der Waals surface area contributed by atoms with Crippen molar-refractivity contribution in [3.05, 3.63) is 11.3 Å². The Morgan fingerprint density at radius 3 is 2.94 bits per heavy atom. The van der Waals surface area contributed by atoms with E-state index in [9.17, 15) is 9.59 Å². The first-order valence-electron chi connectivity index (χ1n) is 4.42. The lowest BCUT2D eigenvalue weighted by atomic mass is 10.0. The molecular weight excluding hydrogens is 234 g/mol. The van der Waals surface area contributed by atoms with Crippen LogP contribution in [0.3, 0.4) is 0 Å². The highest BCUT2D eigenvalue weighted by Gasteiger charge is 2.51. The summed E-state index contributed by atoms with van der Waals surface area (Å²) in [7, 11) is 0. The predicted octanol–water partition coefficient (Wildman–Crippen LogP) is -0.972. The number of amides is 1. The van der Waals surface area contributed by atoms with Crippen molar-refractivity contribution in [1.82, 2.24) is 4.90 Å². The lowest BCUT2D eigenvalue weighted by molar-refractivity contribution is -0.147. The van der Waals surface area contributed by atoms with Crippen LogP contribution in [0.15, 0.2) is 16.4 Å². The standard InChI is InChI=1S/C8H9N3O4S/c9-4-6(12)11-5(8(13)14)3(1-10-15)2-16-7(4)11/h1,4,7,15H,2,9H2,(H,13,14)/b10-1+. The summed E-state index contributed by atoms with van der Waals surface area (Å²) in [4.78, 5) is 23.6. The first kappa shape index (κ1) is 11.0. The Morgan fingerprint density at radius 1 is 1.69 bits per heavy atom. The van der Waals surface area contributed by atoms with E-state index in [1.165, 1.54) is 11.8 Å². The minimum absolute atomic E-state index is 0.145. The van der Waals surface area contributed by atoms with E-state index in [-0.39, 0.29) is 11.1 Å². The largest absolute Gasteiger partial charge is 0.477 e. The molecule has 16 heavy (non-hydrogen) atoms. The lowest BCUT2D eigenvalue weighted by Gasteiger charge is -2.47. The third-order valence-electron chi connectivity index (χ3n) is 2.46. The minimum atomic E-state index is -1.22. The van der Waals surface area contributed by atoms with Gasteiger partial charge in [0.05, 0.1) is 6.21 Å². The summed E-state index contributed by atoms with van der Waals surface area (Å²) < 4.78 is 0. The van der Waals surface area contributed by atoms with Gasteiger partial charge in [0.2, 0.25) is 5.91 Å². The molecule has 2 unspecified atom stereocenters. The van der Waals surface area contributed by atoms with Gasteiger partial charge in [0.25, 0.3) is 0 Å². The second kappa shape index (κ2) is 3.80. The summed E-state index contributed by atoms with van der Waals surface area (Å²) >= 11 is 1.35. The van der Waals surface area contributed by atoms with E-state index in [1.807, 2.05) is 0 Å². The molecule has 7 nitrogen and oxygen atoms in total.